The van der Waals surface area contributed by atoms with Crippen LogP contribution in [0.15, 0.2) is 78.4 Å². The summed E-state index contributed by atoms with van der Waals surface area (Å²) in [4.78, 5) is 10.7. The first kappa shape index (κ1) is 33.4. The number of hydrogen-bond donors (Lipinski definition) is 1. The van der Waals surface area contributed by atoms with Gasteiger partial charge < -0.3 is 10.1 Å². The minimum atomic E-state index is -5.33. The standard InChI is InChI=1S/C15H16FNO.C8H5F5O.C2HF5/c16-14-8-6-13(7-9-14)15(17-11-18)10-12-4-2-1-3-5-12;9-5-2-1-3-6(4-5)14-8(12,13)7(10)11;3-1(4)2(5,6)7/h1-8,11,14-15H,9-10H2,(H,17,18);1-4,7H;1H/t14?,15-;;/m1../s1. The highest BCUT2D eigenvalue weighted by atomic mass is 19.4. The Labute approximate surface area is 216 Å². The maximum absolute atomic E-state index is 13.0. The molecule has 216 valence electrons. The lowest BCUT2D eigenvalue weighted by Crippen LogP contribution is -2.33. The van der Waals surface area contributed by atoms with Crippen molar-refractivity contribution in [1.82, 2.24) is 5.32 Å². The summed E-state index contributed by atoms with van der Waals surface area (Å²) < 4.78 is 129. The molecule has 14 heteroatoms. The Morgan fingerprint density at radius 2 is 1.56 bits per heavy atom. The molecule has 0 aliphatic heterocycles. The number of carbonyl (C=O) groups is 1. The van der Waals surface area contributed by atoms with E-state index in [9.17, 15) is 53.1 Å². The highest BCUT2D eigenvalue weighted by Crippen LogP contribution is 2.27. The predicted molar refractivity (Wildman–Crippen MR) is 120 cm³/mol. The van der Waals surface area contributed by atoms with Crippen molar-refractivity contribution in [2.75, 3.05) is 0 Å². The van der Waals surface area contributed by atoms with E-state index in [-0.39, 0.29) is 6.04 Å². The number of rotatable bonds is 8. The van der Waals surface area contributed by atoms with E-state index in [0.29, 0.717) is 25.3 Å². The number of allylic oxidation sites excluding steroid dienone is 2. The van der Waals surface area contributed by atoms with Gasteiger partial charge in [0.1, 0.15) is 17.7 Å². The zero-order valence-electron chi connectivity index (χ0n) is 19.7. The van der Waals surface area contributed by atoms with E-state index in [1.165, 1.54) is 0 Å². The van der Waals surface area contributed by atoms with Gasteiger partial charge in [0.05, 0.1) is 6.04 Å². The summed E-state index contributed by atoms with van der Waals surface area (Å²) in [5.74, 6) is -1.48. The molecule has 3 nitrogen and oxygen atoms in total. The van der Waals surface area contributed by atoms with Crippen LogP contribution in [-0.2, 0) is 11.2 Å². The van der Waals surface area contributed by atoms with Crippen molar-refractivity contribution >= 4 is 6.41 Å². The number of ether oxygens (including phenoxy) is 1. The van der Waals surface area contributed by atoms with Gasteiger partial charge >= 0.3 is 25.1 Å². The number of hydrogen-bond acceptors (Lipinski definition) is 2. The van der Waals surface area contributed by atoms with Crippen molar-refractivity contribution in [3.05, 3.63) is 89.8 Å². The molecule has 1 N–H and O–H groups in total. The van der Waals surface area contributed by atoms with Gasteiger partial charge in [-0.15, -0.1) is 0 Å². The molecule has 0 aromatic heterocycles. The lowest BCUT2D eigenvalue weighted by atomic mass is 9.94. The maximum Gasteiger partial charge on any atom is 0.461 e. The van der Waals surface area contributed by atoms with Gasteiger partial charge in [-0.3, -0.25) is 4.79 Å². The molecule has 1 amide bonds. The summed E-state index contributed by atoms with van der Waals surface area (Å²) in [5, 5.41) is 2.79. The zero-order valence-corrected chi connectivity index (χ0v) is 19.7. The predicted octanol–water partition coefficient (Wildman–Crippen LogP) is 7.44. The number of carbonyl (C=O) groups excluding carboxylic acids is 1. The Hall–Kier alpha value is -3.58. The van der Waals surface area contributed by atoms with Gasteiger partial charge in [0.2, 0.25) is 6.41 Å². The monoisotopic (exact) mass is 577 g/mol. The van der Waals surface area contributed by atoms with Crippen molar-refractivity contribution in [2.24, 2.45) is 0 Å². The minimum Gasteiger partial charge on any atom is -0.428 e. The van der Waals surface area contributed by atoms with E-state index in [1.54, 1.807) is 12.2 Å². The fraction of sp³-hybridized carbons (Fsp3) is 0.320. The number of alkyl halides is 10. The van der Waals surface area contributed by atoms with Crippen molar-refractivity contribution in [1.29, 1.82) is 0 Å². The van der Waals surface area contributed by atoms with Gasteiger partial charge in [-0.25, -0.2) is 17.6 Å². The first-order chi connectivity index (χ1) is 18.2. The van der Waals surface area contributed by atoms with Crippen molar-refractivity contribution in [2.45, 2.75) is 50.2 Å². The Balaban J connectivity index is 0.000000322. The quantitative estimate of drug-likeness (QED) is 0.262. The molecule has 2 aromatic rings. The summed E-state index contributed by atoms with van der Waals surface area (Å²) in [6, 6.07) is 13.4. The summed E-state index contributed by atoms with van der Waals surface area (Å²) in [6.07, 6.45) is -12.0. The second-order valence-electron chi connectivity index (χ2n) is 7.61. The van der Waals surface area contributed by atoms with Gasteiger partial charge in [0.25, 0.3) is 0 Å². The third kappa shape index (κ3) is 13.2. The van der Waals surface area contributed by atoms with Crippen LogP contribution in [0.1, 0.15) is 12.0 Å². The normalized spacial score (nSPS) is 15.8. The minimum absolute atomic E-state index is 0.0892. The van der Waals surface area contributed by atoms with Gasteiger partial charge in [-0.2, -0.15) is 30.7 Å². The van der Waals surface area contributed by atoms with E-state index in [0.717, 1.165) is 29.3 Å². The Kier molecular flexibility index (Phi) is 13.5. The molecule has 2 aromatic carbocycles. The van der Waals surface area contributed by atoms with Crippen molar-refractivity contribution in [3.63, 3.8) is 0 Å². The lowest BCUT2D eigenvalue weighted by molar-refractivity contribution is -0.253. The molecule has 0 saturated heterocycles. The maximum atomic E-state index is 13.0. The fourth-order valence-electron chi connectivity index (χ4n) is 2.81. The number of benzene rings is 2. The summed E-state index contributed by atoms with van der Waals surface area (Å²) >= 11 is 0. The van der Waals surface area contributed by atoms with Crippen LogP contribution in [0.4, 0.5) is 48.3 Å². The molecule has 39 heavy (non-hydrogen) atoms. The average molecular weight is 577 g/mol. The summed E-state index contributed by atoms with van der Waals surface area (Å²) in [7, 11) is 0. The molecule has 0 spiro atoms. The molecule has 0 radical (unpaired) electrons. The van der Waals surface area contributed by atoms with Crippen LogP contribution in [-0.4, -0.2) is 43.8 Å². The fourth-order valence-corrected chi connectivity index (χ4v) is 2.81. The Morgan fingerprint density at radius 3 is 2.03 bits per heavy atom. The first-order valence-corrected chi connectivity index (χ1v) is 10.9. The molecule has 2 atom stereocenters. The van der Waals surface area contributed by atoms with Crippen LogP contribution in [0.5, 0.6) is 5.75 Å². The second-order valence-corrected chi connectivity index (χ2v) is 7.61. The molecule has 1 unspecified atom stereocenters. The lowest BCUT2D eigenvalue weighted by Gasteiger charge is -2.20. The SMILES string of the molecule is FC(F)C(F)(F)F.Fc1cccc(OC(F)(F)C(F)F)c1.O=CN[C@H](Cc1ccccc1)C1=CCC(F)C=C1. The average Bonchev–Trinajstić information content (AvgIpc) is 2.85. The number of halogens is 11. The van der Waals surface area contributed by atoms with Gasteiger partial charge in [0, 0.05) is 12.5 Å². The number of amides is 1. The van der Waals surface area contributed by atoms with Gasteiger partial charge in [-0.05, 0) is 29.7 Å². The van der Waals surface area contributed by atoms with Gasteiger partial charge in [-0.1, -0.05) is 54.6 Å². The molecule has 1 aliphatic carbocycles. The summed E-state index contributed by atoms with van der Waals surface area (Å²) in [6.45, 7) is 0. The third-order valence-electron chi connectivity index (χ3n) is 4.58. The molecule has 0 saturated carbocycles. The molecular formula is C25H22F11NO2. The van der Waals surface area contributed by atoms with E-state index < -0.39 is 42.9 Å². The third-order valence-corrected chi connectivity index (χ3v) is 4.58. The Bertz CT molecular complexity index is 1060. The first-order valence-electron chi connectivity index (χ1n) is 10.9. The van der Waals surface area contributed by atoms with Crippen LogP contribution in [0, 0.1) is 5.82 Å². The molecule has 1 aliphatic rings. The van der Waals surface area contributed by atoms with Crippen LogP contribution in [0.25, 0.3) is 0 Å². The van der Waals surface area contributed by atoms with Crippen LogP contribution >= 0.6 is 0 Å². The van der Waals surface area contributed by atoms with Gasteiger partial charge in [0.15, 0.2) is 0 Å². The Morgan fingerprint density at radius 1 is 0.949 bits per heavy atom. The van der Waals surface area contributed by atoms with E-state index in [1.807, 2.05) is 36.4 Å². The summed E-state index contributed by atoms with van der Waals surface area (Å²) in [5.41, 5.74) is 2.12. The topological polar surface area (TPSA) is 38.3 Å². The van der Waals surface area contributed by atoms with Crippen LogP contribution in [0.2, 0.25) is 0 Å². The van der Waals surface area contributed by atoms with Crippen molar-refractivity contribution < 1.29 is 57.8 Å². The molecule has 0 heterocycles. The van der Waals surface area contributed by atoms with Crippen LogP contribution < -0.4 is 10.1 Å². The molecule has 3 rings (SSSR count). The highest BCUT2D eigenvalue weighted by molar-refractivity contribution is 5.49. The van der Waals surface area contributed by atoms with Crippen LogP contribution in [0.3, 0.4) is 0 Å². The van der Waals surface area contributed by atoms with E-state index in [2.05, 4.69) is 10.1 Å². The van der Waals surface area contributed by atoms with E-state index >= 15 is 0 Å². The second kappa shape index (κ2) is 15.7. The zero-order chi connectivity index (χ0) is 29.6. The molecular weight excluding hydrogens is 555 g/mol. The largest absolute Gasteiger partial charge is 0.461 e. The van der Waals surface area contributed by atoms with E-state index in [4.69, 9.17) is 0 Å². The number of nitrogens with one attached hydrogen (secondary N) is 1. The highest BCUT2D eigenvalue weighted by Gasteiger charge is 2.44. The molecule has 0 fully saturated rings. The van der Waals surface area contributed by atoms with Crippen molar-refractivity contribution in [3.8, 4) is 5.75 Å². The molecule has 0 bridgehead atoms. The smallest absolute Gasteiger partial charge is 0.428 e.